The van der Waals surface area contributed by atoms with Gasteiger partial charge in [-0.2, -0.15) is 0 Å². The van der Waals surface area contributed by atoms with Gasteiger partial charge in [-0.15, -0.1) is 0 Å². The summed E-state index contributed by atoms with van der Waals surface area (Å²) in [4.78, 5) is 20.0. The Morgan fingerprint density at radius 3 is 2.82 bits per heavy atom. The van der Waals surface area contributed by atoms with Gasteiger partial charge in [0.25, 0.3) is 0 Å². The van der Waals surface area contributed by atoms with Crippen LogP contribution in [0.3, 0.4) is 0 Å². The summed E-state index contributed by atoms with van der Waals surface area (Å²) in [5.41, 5.74) is 4.18. The molecule has 1 unspecified atom stereocenters. The summed E-state index contributed by atoms with van der Waals surface area (Å²) in [5.74, 6) is -0.624. The highest BCUT2D eigenvalue weighted by Gasteiger charge is 2.27. The van der Waals surface area contributed by atoms with Gasteiger partial charge < -0.3 is 15.2 Å². The summed E-state index contributed by atoms with van der Waals surface area (Å²) in [6, 6.07) is 10.6. The Morgan fingerprint density at radius 2 is 1.97 bits per heavy atom. The molecule has 2 N–H and O–H groups in total. The van der Waals surface area contributed by atoms with Crippen molar-refractivity contribution in [1.82, 2.24) is 19.8 Å². The summed E-state index contributed by atoms with van der Waals surface area (Å²) in [6.07, 6.45) is 9.05. The van der Waals surface area contributed by atoms with Gasteiger partial charge in [0, 0.05) is 44.5 Å². The van der Waals surface area contributed by atoms with E-state index in [1.807, 2.05) is 17.7 Å². The zero-order chi connectivity index (χ0) is 26.5. The molecule has 202 valence electrons. The molecule has 0 spiro atoms. The molecule has 38 heavy (non-hydrogen) atoms. The number of fused-ring (bicyclic) bond motifs is 2. The molecule has 3 aromatic rings. The highest BCUT2D eigenvalue weighted by atomic mass is 19.1. The fourth-order valence-corrected chi connectivity index (χ4v) is 5.77. The van der Waals surface area contributed by atoms with Crippen LogP contribution in [-0.4, -0.2) is 45.5 Å². The Kier molecular flexibility index (Phi) is 8.49. The molecule has 0 saturated carbocycles. The minimum atomic E-state index is -0.535. The monoisotopic (exact) mass is 521 g/mol. The lowest BCUT2D eigenvalue weighted by atomic mass is 9.87. The molecule has 1 aromatic heterocycles. The predicted octanol–water partition coefficient (Wildman–Crippen LogP) is 4.86. The molecule has 2 aromatic carbocycles. The van der Waals surface area contributed by atoms with Crippen LogP contribution in [0.25, 0.3) is 0 Å². The lowest BCUT2D eigenvalue weighted by Gasteiger charge is -2.29. The average Bonchev–Trinajstić information content (AvgIpc) is 3.35. The molecule has 8 heteroatoms. The lowest BCUT2D eigenvalue weighted by molar-refractivity contribution is -0.118. The van der Waals surface area contributed by atoms with Gasteiger partial charge in [0.2, 0.25) is 5.91 Å². The zero-order valence-electron chi connectivity index (χ0n) is 22.1. The minimum Gasteiger partial charge on any atom is -0.335 e. The summed E-state index contributed by atoms with van der Waals surface area (Å²) >= 11 is 0. The van der Waals surface area contributed by atoms with Gasteiger partial charge in [-0.1, -0.05) is 37.6 Å². The van der Waals surface area contributed by atoms with Crippen LogP contribution in [0.4, 0.5) is 14.6 Å². The number of hydrogen-bond acceptors (Lipinski definition) is 4. The highest BCUT2D eigenvalue weighted by molar-refractivity contribution is 5.94. The highest BCUT2D eigenvalue weighted by Crippen LogP contribution is 2.26. The third kappa shape index (κ3) is 6.48. The molecule has 6 nitrogen and oxygen atoms in total. The Bertz CT molecular complexity index is 1260. The molecule has 1 amide bonds. The summed E-state index contributed by atoms with van der Waals surface area (Å²) in [7, 11) is 0. The van der Waals surface area contributed by atoms with Crippen LogP contribution in [0.5, 0.6) is 0 Å². The van der Waals surface area contributed by atoms with E-state index in [2.05, 4.69) is 44.8 Å². The maximum absolute atomic E-state index is 14.3. The number of anilines is 1. The maximum Gasteiger partial charge on any atom is 0.242 e. The van der Waals surface area contributed by atoms with E-state index in [0.717, 1.165) is 63.5 Å². The third-order valence-corrected chi connectivity index (χ3v) is 7.78. The molecule has 2 atom stereocenters. The van der Waals surface area contributed by atoms with E-state index in [1.165, 1.54) is 17.2 Å². The number of carbonyl (C=O) groups excluding carboxylic acids is 1. The van der Waals surface area contributed by atoms with E-state index in [9.17, 15) is 13.6 Å². The fourth-order valence-electron chi connectivity index (χ4n) is 5.77. The number of aromatic nitrogens is 2. The van der Waals surface area contributed by atoms with Crippen LogP contribution in [0.1, 0.15) is 54.9 Å². The first-order valence-electron chi connectivity index (χ1n) is 13.8. The number of nitrogens with one attached hydrogen (secondary N) is 2. The minimum absolute atomic E-state index is 0.0379. The van der Waals surface area contributed by atoms with Crippen LogP contribution in [0.15, 0.2) is 48.9 Å². The van der Waals surface area contributed by atoms with Gasteiger partial charge in [-0.05, 0) is 66.8 Å². The van der Waals surface area contributed by atoms with Crippen molar-refractivity contribution in [2.45, 2.75) is 77.0 Å². The van der Waals surface area contributed by atoms with Crippen molar-refractivity contribution in [2.24, 2.45) is 0 Å². The Labute approximate surface area is 223 Å². The van der Waals surface area contributed by atoms with Crippen LogP contribution in [0.2, 0.25) is 0 Å². The summed E-state index contributed by atoms with van der Waals surface area (Å²) in [5, 5.41) is 6.39. The molecule has 0 bridgehead atoms. The van der Waals surface area contributed by atoms with Crippen molar-refractivity contribution in [2.75, 3.05) is 18.4 Å². The Morgan fingerprint density at radius 1 is 1.13 bits per heavy atom. The van der Waals surface area contributed by atoms with E-state index in [1.54, 1.807) is 6.33 Å². The van der Waals surface area contributed by atoms with E-state index < -0.39 is 17.7 Å². The van der Waals surface area contributed by atoms with Gasteiger partial charge in [0.1, 0.15) is 11.6 Å². The zero-order valence-corrected chi connectivity index (χ0v) is 22.1. The molecule has 1 aliphatic heterocycles. The first-order chi connectivity index (χ1) is 18.5. The van der Waals surface area contributed by atoms with Crippen LogP contribution in [0, 0.1) is 11.6 Å². The first kappa shape index (κ1) is 26.5. The SMILES string of the molecule is CCC[C@H](NC1CCc2cc(F)cc(F)c2C1)C(=O)Nc1cn(CCCN2CCc3ccccc3C2)cn1. The van der Waals surface area contributed by atoms with Crippen molar-refractivity contribution in [3.63, 3.8) is 0 Å². The molecule has 5 rings (SSSR count). The van der Waals surface area contributed by atoms with Gasteiger partial charge in [-0.25, -0.2) is 13.8 Å². The van der Waals surface area contributed by atoms with E-state index in [0.29, 0.717) is 30.6 Å². The summed E-state index contributed by atoms with van der Waals surface area (Å²) in [6.45, 7) is 5.99. The van der Waals surface area contributed by atoms with Gasteiger partial charge in [0.15, 0.2) is 5.82 Å². The number of rotatable bonds is 10. The van der Waals surface area contributed by atoms with Gasteiger partial charge in [0.05, 0.1) is 12.4 Å². The molecule has 1 aliphatic carbocycles. The third-order valence-electron chi connectivity index (χ3n) is 7.78. The van der Waals surface area contributed by atoms with Gasteiger partial charge >= 0.3 is 0 Å². The van der Waals surface area contributed by atoms with E-state index in [4.69, 9.17) is 0 Å². The molecule has 2 aliphatic rings. The fraction of sp³-hybridized carbons (Fsp3) is 0.467. The number of imidazole rings is 1. The maximum atomic E-state index is 14.3. The number of aryl methyl sites for hydroxylation is 2. The van der Waals surface area contributed by atoms with Gasteiger partial charge in [-0.3, -0.25) is 9.69 Å². The van der Waals surface area contributed by atoms with E-state index >= 15 is 0 Å². The van der Waals surface area contributed by atoms with E-state index in [-0.39, 0.29) is 11.9 Å². The largest absolute Gasteiger partial charge is 0.335 e. The van der Waals surface area contributed by atoms with Crippen molar-refractivity contribution in [3.05, 3.63) is 82.8 Å². The second kappa shape index (κ2) is 12.2. The molecular weight excluding hydrogens is 484 g/mol. The second-order valence-electron chi connectivity index (χ2n) is 10.6. The number of amides is 1. The molecule has 0 fully saturated rings. The number of halogens is 2. The normalized spacial score (nSPS) is 18.0. The first-order valence-corrected chi connectivity index (χ1v) is 13.8. The predicted molar refractivity (Wildman–Crippen MR) is 145 cm³/mol. The number of benzene rings is 2. The summed E-state index contributed by atoms with van der Waals surface area (Å²) < 4.78 is 29.9. The quantitative estimate of drug-likeness (QED) is 0.400. The standard InChI is InChI=1S/C30H37F2N5O/c1-2-6-28(34-25-10-9-22-15-24(31)16-27(32)26(22)17-25)30(38)35-29-19-37(20-33-29)13-5-12-36-14-11-21-7-3-4-8-23(21)18-36/h3-4,7-8,15-16,19-20,25,28,34H,2,5-6,9-14,17-18H2,1H3,(H,35,38)/t25?,28-/m0/s1. The average molecular weight is 522 g/mol. The number of nitrogens with zero attached hydrogens (tertiary/aromatic N) is 3. The van der Waals surface area contributed by atoms with Crippen LogP contribution < -0.4 is 10.6 Å². The van der Waals surface area contributed by atoms with Crippen molar-refractivity contribution >= 4 is 11.7 Å². The topological polar surface area (TPSA) is 62.2 Å². The Hall–Kier alpha value is -3.10. The molecule has 2 heterocycles. The second-order valence-corrected chi connectivity index (χ2v) is 10.6. The molecule has 0 saturated heterocycles. The Balaban J connectivity index is 1.10. The molecular formula is C30H37F2N5O. The van der Waals surface area contributed by atoms with Crippen LogP contribution in [-0.2, 0) is 37.1 Å². The van der Waals surface area contributed by atoms with Crippen molar-refractivity contribution < 1.29 is 13.6 Å². The van der Waals surface area contributed by atoms with Crippen LogP contribution >= 0.6 is 0 Å². The molecule has 0 radical (unpaired) electrons. The van der Waals surface area contributed by atoms with Crippen molar-refractivity contribution in [1.29, 1.82) is 0 Å². The number of carbonyl (C=O) groups is 1. The number of hydrogen-bond donors (Lipinski definition) is 2. The lowest BCUT2D eigenvalue weighted by Crippen LogP contribution is -2.48. The van der Waals surface area contributed by atoms with Crippen molar-refractivity contribution in [3.8, 4) is 0 Å². The smallest absolute Gasteiger partial charge is 0.242 e.